The molecule has 174 valence electrons. The van der Waals surface area contributed by atoms with Crippen molar-refractivity contribution in [3.05, 3.63) is 96.3 Å². The first-order valence-corrected chi connectivity index (χ1v) is 12.0. The van der Waals surface area contributed by atoms with Crippen LogP contribution in [0.5, 0.6) is 0 Å². The minimum Gasteiger partial charge on any atom is -0.441 e. The maximum atomic E-state index is 13.9. The molecule has 0 atom stereocenters. The Kier molecular flexibility index (Phi) is 6.74. The van der Waals surface area contributed by atoms with Crippen LogP contribution >= 0.6 is 0 Å². The third-order valence-corrected chi connectivity index (χ3v) is 6.56. The number of para-hydroxylation sites is 1. The van der Waals surface area contributed by atoms with Gasteiger partial charge in [-0.1, -0.05) is 48.5 Å². The zero-order valence-corrected chi connectivity index (χ0v) is 19.1. The second-order valence-corrected chi connectivity index (χ2v) is 9.25. The molecule has 34 heavy (non-hydrogen) atoms. The maximum absolute atomic E-state index is 13.9. The van der Waals surface area contributed by atoms with Gasteiger partial charge in [0.1, 0.15) is 5.82 Å². The van der Waals surface area contributed by atoms with Gasteiger partial charge in [-0.2, -0.15) is 0 Å². The molecule has 0 unspecified atom stereocenters. The van der Waals surface area contributed by atoms with E-state index in [9.17, 15) is 17.6 Å². The summed E-state index contributed by atoms with van der Waals surface area (Å²) in [4.78, 5) is 16.6. The van der Waals surface area contributed by atoms with Crippen molar-refractivity contribution in [1.29, 1.82) is 0 Å². The number of nitrogens with zero attached hydrogens (tertiary/aromatic N) is 1. The molecule has 0 aliphatic carbocycles. The van der Waals surface area contributed by atoms with Crippen molar-refractivity contribution < 1.29 is 22.0 Å². The fraction of sp³-hybridized carbons (Fsp3) is 0.120. The molecule has 0 saturated carbocycles. The van der Waals surface area contributed by atoms with Crippen LogP contribution in [0.25, 0.3) is 11.3 Å². The number of sulfonamides is 1. The highest BCUT2D eigenvalue weighted by molar-refractivity contribution is 7.92. The second-order valence-electron chi connectivity index (χ2n) is 7.60. The predicted octanol–water partition coefficient (Wildman–Crippen LogP) is 5.16. The summed E-state index contributed by atoms with van der Waals surface area (Å²) in [5.41, 5.74) is 1.50. The van der Waals surface area contributed by atoms with Crippen molar-refractivity contribution in [2.75, 3.05) is 10.0 Å². The molecular weight excluding hydrogens is 457 g/mol. The molecule has 4 aromatic rings. The zero-order valence-electron chi connectivity index (χ0n) is 18.3. The maximum Gasteiger partial charge on any atom is 0.262 e. The molecule has 0 aliphatic rings. The summed E-state index contributed by atoms with van der Waals surface area (Å²) in [5, 5.41) is 2.69. The number of rotatable bonds is 8. The number of benzene rings is 3. The highest BCUT2D eigenvalue weighted by Gasteiger charge is 2.20. The number of carbonyl (C=O) groups is 1. The van der Waals surface area contributed by atoms with Gasteiger partial charge >= 0.3 is 0 Å². The van der Waals surface area contributed by atoms with Gasteiger partial charge in [0.15, 0.2) is 11.7 Å². The molecule has 0 spiro atoms. The van der Waals surface area contributed by atoms with Crippen LogP contribution in [0.2, 0.25) is 0 Å². The lowest BCUT2D eigenvalue weighted by molar-refractivity contribution is -0.116. The van der Waals surface area contributed by atoms with E-state index in [4.69, 9.17) is 4.42 Å². The number of amides is 1. The van der Waals surface area contributed by atoms with Crippen LogP contribution in [-0.4, -0.2) is 19.3 Å². The van der Waals surface area contributed by atoms with Crippen molar-refractivity contribution >= 4 is 27.3 Å². The molecule has 4 rings (SSSR count). The third kappa shape index (κ3) is 5.49. The van der Waals surface area contributed by atoms with Crippen LogP contribution in [0.1, 0.15) is 17.9 Å². The topological polar surface area (TPSA) is 101 Å². The molecule has 0 fully saturated rings. The van der Waals surface area contributed by atoms with Crippen molar-refractivity contribution in [3.63, 3.8) is 0 Å². The normalized spacial score (nSPS) is 11.2. The van der Waals surface area contributed by atoms with E-state index in [0.717, 1.165) is 11.6 Å². The molecule has 0 saturated heterocycles. The summed E-state index contributed by atoms with van der Waals surface area (Å²) in [6.45, 7) is 1.62. The van der Waals surface area contributed by atoms with Gasteiger partial charge in [-0.05, 0) is 36.8 Å². The van der Waals surface area contributed by atoms with Gasteiger partial charge < -0.3 is 9.73 Å². The molecule has 2 N–H and O–H groups in total. The molecule has 7 nitrogen and oxygen atoms in total. The average molecular weight is 480 g/mol. The largest absolute Gasteiger partial charge is 0.441 e. The lowest BCUT2D eigenvalue weighted by Crippen LogP contribution is -2.17. The Hall–Kier alpha value is -3.98. The molecular formula is C25H22FN3O4S. The first-order chi connectivity index (χ1) is 16.3. The molecule has 0 radical (unpaired) electrons. The number of carbonyl (C=O) groups excluding carboxylic acids is 1. The first-order valence-electron chi connectivity index (χ1n) is 10.5. The third-order valence-electron chi connectivity index (χ3n) is 5.06. The van der Waals surface area contributed by atoms with Crippen LogP contribution in [0.4, 0.5) is 15.8 Å². The Morgan fingerprint density at radius 3 is 2.53 bits per heavy atom. The number of halogens is 1. The summed E-state index contributed by atoms with van der Waals surface area (Å²) >= 11 is 0. The van der Waals surface area contributed by atoms with E-state index in [2.05, 4.69) is 15.0 Å². The second kappa shape index (κ2) is 9.88. The van der Waals surface area contributed by atoms with Crippen molar-refractivity contribution in [2.24, 2.45) is 0 Å². The summed E-state index contributed by atoms with van der Waals surface area (Å²) in [5.74, 6) is 0.0332. The number of aryl methyl sites for hydroxylation is 2. The lowest BCUT2D eigenvalue weighted by atomic mass is 10.2. The van der Waals surface area contributed by atoms with Crippen molar-refractivity contribution in [3.8, 4) is 11.3 Å². The van der Waals surface area contributed by atoms with Crippen LogP contribution in [0.15, 0.2) is 88.3 Å². The van der Waals surface area contributed by atoms with E-state index in [1.807, 2.05) is 30.3 Å². The summed E-state index contributed by atoms with van der Waals surface area (Å²) in [7, 11) is -4.07. The summed E-state index contributed by atoms with van der Waals surface area (Å²) in [6.07, 6.45) is 1.99. The minimum absolute atomic E-state index is 0.0613. The smallest absolute Gasteiger partial charge is 0.262 e. The summed E-state index contributed by atoms with van der Waals surface area (Å²) in [6, 6.07) is 19.5. The Labute approximate surface area is 196 Å². The summed E-state index contributed by atoms with van der Waals surface area (Å²) < 4.78 is 47.5. The van der Waals surface area contributed by atoms with Crippen molar-refractivity contribution in [2.45, 2.75) is 24.7 Å². The number of nitrogens with one attached hydrogen (secondary N) is 2. The molecule has 1 aromatic heterocycles. The Balaban J connectivity index is 1.41. The monoisotopic (exact) mass is 479 g/mol. The fourth-order valence-electron chi connectivity index (χ4n) is 3.32. The molecule has 1 heterocycles. The minimum atomic E-state index is -4.07. The number of hydrogen-bond acceptors (Lipinski definition) is 5. The van der Waals surface area contributed by atoms with Gasteiger partial charge in [-0.15, -0.1) is 0 Å². The van der Waals surface area contributed by atoms with E-state index in [1.165, 1.54) is 24.3 Å². The number of oxazole rings is 1. The zero-order chi connectivity index (χ0) is 24.1. The lowest BCUT2D eigenvalue weighted by Gasteiger charge is -2.13. The number of anilines is 2. The van der Waals surface area contributed by atoms with E-state index >= 15 is 0 Å². The van der Waals surface area contributed by atoms with Gasteiger partial charge in [0.25, 0.3) is 10.0 Å². The van der Waals surface area contributed by atoms with Crippen molar-refractivity contribution in [1.82, 2.24) is 4.98 Å². The Bertz CT molecular complexity index is 1420. The SMILES string of the molecule is Cc1ccc(NC(=O)CCc2ncc(-c3ccccc3)o2)cc1S(=O)(=O)Nc1ccccc1F. The molecule has 3 aromatic carbocycles. The number of hydrogen-bond donors (Lipinski definition) is 2. The highest BCUT2D eigenvalue weighted by atomic mass is 32.2. The van der Waals surface area contributed by atoms with Gasteiger partial charge in [0.2, 0.25) is 5.91 Å². The average Bonchev–Trinajstić information content (AvgIpc) is 3.30. The van der Waals surface area contributed by atoms with Gasteiger partial charge in [0, 0.05) is 24.1 Å². The van der Waals surface area contributed by atoms with Gasteiger partial charge in [-0.3, -0.25) is 9.52 Å². The number of aromatic nitrogens is 1. The van der Waals surface area contributed by atoms with Crippen LogP contribution in [-0.2, 0) is 21.2 Å². The molecule has 9 heteroatoms. The van der Waals surface area contributed by atoms with Crippen LogP contribution < -0.4 is 10.0 Å². The van der Waals surface area contributed by atoms with Gasteiger partial charge in [-0.25, -0.2) is 17.8 Å². The fourth-order valence-corrected chi connectivity index (χ4v) is 4.66. The van der Waals surface area contributed by atoms with E-state index in [1.54, 1.807) is 25.3 Å². The Morgan fingerprint density at radius 2 is 1.76 bits per heavy atom. The predicted molar refractivity (Wildman–Crippen MR) is 127 cm³/mol. The van der Waals surface area contributed by atoms with E-state index < -0.39 is 15.8 Å². The van der Waals surface area contributed by atoms with Crippen LogP contribution in [0.3, 0.4) is 0 Å². The molecule has 0 bridgehead atoms. The molecule has 0 aliphatic heterocycles. The van der Waals surface area contributed by atoms with E-state index in [-0.39, 0.29) is 29.3 Å². The standard InChI is InChI=1S/C25H22FN3O4S/c1-17-11-12-19(15-23(17)34(31,32)29-21-10-6-5-9-20(21)26)28-24(30)13-14-25-27-16-22(33-25)18-7-3-2-4-8-18/h2-12,15-16,29H,13-14H2,1H3,(H,28,30). The highest BCUT2D eigenvalue weighted by Crippen LogP contribution is 2.25. The van der Waals surface area contributed by atoms with Gasteiger partial charge in [0.05, 0.1) is 16.8 Å². The Morgan fingerprint density at radius 1 is 1.03 bits per heavy atom. The quantitative estimate of drug-likeness (QED) is 0.363. The van der Waals surface area contributed by atoms with E-state index in [0.29, 0.717) is 22.9 Å². The van der Waals surface area contributed by atoms with Crippen LogP contribution in [0, 0.1) is 12.7 Å². The first kappa shape index (κ1) is 23.2. The molecule has 1 amide bonds.